The normalized spacial score (nSPS) is 17.7. The standard InChI is InChI=1S/C22H23BN4O/c1-16-10-11-18-19-14-23(25(4)15-20(19)28-21(18)24-16)27-13-12-26(22(27,2)3)17-8-6-5-7-9-17/h5-15H,1-4H3. The van der Waals surface area contributed by atoms with Crippen molar-refractivity contribution in [2.24, 2.45) is 0 Å². The largest absolute Gasteiger partial charge is 0.436 e. The van der Waals surface area contributed by atoms with Crippen LogP contribution in [0.25, 0.3) is 23.3 Å². The zero-order valence-electron chi connectivity index (χ0n) is 16.6. The Morgan fingerprint density at radius 2 is 1.82 bits per heavy atom. The van der Waals surface area contributed by atoms with Gasteiger partial charge in [-0.05, 0) is 52.1 Å². The van der Waals surface area contributed by atoms with Crippen LogP contribution in [-0.4, -0.2) is 34.3 Å². The smallest absolute Gasteiger partial charge is 0.405 e. The van der Waals surface area contributed by atoms with Gasteiger partial charge in [-0.1, -0.05) is 24.2 Å². The molecule has 140 valence electrons. The summed E-state index contributed by atoms with van der Waals surface area (Å²) in [5.41, 5.74) is 3.51. The number of nitrogens with zero attached hydrogens (tertiary/aromatic N) is 4. The fourth-order valence-electron chi connectivity index (χ4n) is 4.21. The molecule has 3 aromatic rings. The van der Waals surface area contributed by atoms with Gasteiger partial charge in [0.1, 0.15) is 5.66 Å². The van der Waals surface area contributed by atoms with E-state index in [0.717, 1.165) is 21.7 Å². The lowest BCUT2D eigenvalue weighted by Gasteiger charge is -2.44. The van der Waals surface area contributed by atoms with Crippen molar-refractivity contribution >= 4 is 35.9 Å². The monoisotopic (exact) mass is 370 g/mol. The summed E-state index contributed by atoms with van der Waals surface area (Å²) >= 11 is 0. The lowest BCUT2D eigenvalue weighted by Crippen LogP contribution is -2.60. The highest BCUT2D eigenvalue weighted by molar-refractivity contribution is 6.69. The van der Waals surface area contributed by atoms with Gasteiger partial charge in [0.2, 0.25) is 5.71 Å². The Labute approximate surface area is 165 Å². The SMILES string of the molecule is Cc1ccc2c3c(oc2n1)=CN(C)B(N1C=CN(c2ccccc2)C1(C)C)C=3. The van der Waals surface area contributed by atoms with Gasteiger partial charge in [0, 0.05) is 40.6 Å². The molecule has 0 amide bonds. The number of anilines is 1. The number of hydrogen-bond acceptors (Lipinski definition) is 5. The molecule has 2 aliphatic heterocycles. The van der Waals surface area contributed by atoms with Crippen LogP contribution in [0, 0.1) is 6.92 Å². The van der Waals surface area contributed by atoms with E-state index in [1.54, 1.807) is 0 Å². The van der Waals surface area contributed by atoms with Gasteiger partial charge in [0.25, 0.3) is 0 Å². The summed E-state index contributed by atoms with van der Waals surface area (Å²) < 4.78 is 6.01. The molecule has 0 bridgehead atoms. The molecule has 1 aromatic carbocycles. The fourth-order valence-corrected chi connectivity index (χ4v) is 4.21. The molecule has 0 radical (unpaired) electrons. The third-order valence-corrected chi connectivity index (χ3v) is 5.73. The first-order valence-electron chi connectivity index (χ1n) is 9.58. The highest BCUT2D eigenvalue weighted by atomic mass is 16.3. The molecule has 0 atom stereocenters. The lowest BCUT2D eigenvalue weighted by atomic mass is 9.68. The van der Waals surface area contributed by atoms with Crippen LogP contribution < -0.4 is 15.5 Å². The van der Waals surface area contributed by atoms with Crippen molar-refractivity contribution in [1.29, 1.82) is 0 Å². The third kappa shape index (κ3) is 2.44. The molecule has 0 saturated carbocycles. The maximum absolute atomic E-state index is 6.01. The summed E-state index contributed by atoms with van der Waals surface area (Å²) in [5, 5.41) is 2.18. The zero-order chi connectivity index (χ0) is 19.5. The quantitative estimate of drug-likeness (QED) is 0.649. The second kappa shape index (κ2) is 5.93. The first-order chi connectivity index (χ1) is 13.4. The Balaban J connectivity index is 1.58. The van der Waals surface area contributed by atoms with Gasteiger partial charge < -0.3 is 18.9 Å². The van der Waals surface area contributed by atoms with Crippen LogP contribution in [0.3, 0.4) is 0 Å². The second-order valence-corrected chi connectivity index (χ2v) is 7.97. The van der Waals surface area contributed by atoms with E-state index < -0.39 is 0 Å². The van der Waals surface area contributed by atoms with E-state index >= 15 is 0 Å². The van der Waals surface area contributed by atoms with Crippen molar-refractivity contribution in [1.82, 2.24) is 14.6 Å². The number of aromatic nitrogens is 1. The summed E-state index contributed by atoms with van der Waals surface area (Å²) in [6.07, 6.45) is 6.41. The van der Waals surface area contributed by atoms with Crippen molar-refractivity contribution in [3.63, 3.8) is 0 Å². The molecule has 0 saturated heterocycles. The van der Waals surface area contributed by atoms with Gasteiger partial charge in [0.05, 0.1) is 0 Å². The van der Waals surface area contributed by atoms with Crippen molar-refractivity contribution in [2.75, 3.05) is 11.9 Å². The molecule has 5 rings (SSSR count). The average Bonchev–Trinajstić information content (AvgIpc) is 3.16. The van der Waals surface area contributed by atoms with Crippen LogP contribution in [-0.2, 0) is 0 Å². The van der Waals surface area contributed by atoms with E-state index in [2.05, 4.69) is 95.3 Å². The van der Waals surface area contributed by atoms with Gasteiger partial charge in [-0.2, -0.15) is 0 Å². The number of para-hydroxylation sites is 1. The molecule has 0 spiro atoms. The van der Waals surface area contributed by atoms with Gasteiger partial charge in [0.15, 0.2) is 5.42 Å². The highest BCUT2D eigenvalue weighted by Gasteiger charge is 2.42. The van der Waals surface area contributed by atoms with Gasteiger partial charge in [-0.3, -0.25) is 0 Å². The predicted octanol–water partition coefficient (Wildman–Crippen LogP) is 2.66. The minimum atomic E-state index is -0.212. The van der Waals surface area contributed by atoms with Crippen molar-refractivity contribution in [3.8, 4) is 0 Å². The van der Waals surface area contributed by atoms with E-state index in [-0.39, 0.29) is 12.6 Å². The van der Waals surface area contributed by atoms with E-state index in [1.807, 2.05) is 19.1 Å². The summed E-state index contributed by atoms with van der Waals surface area (Å²) in [6, 6.07) is 14.6. The summed E-state index contributed by atoms with van der Waals surface area (Å²) in [4.78, 5) is 11.4. The number of aryl methyl sites for hydroxylation is 1. The van der Waals surface area contributed by atoms with E-state index in [0.29, 0.717) is 5.71 Å². The summed E-state index contributed by atoms with van der Waals surface area (Å²) in [7, 11) is 2.09. The predicted molar refractivity (Wildman–Crippen MR) is 114 cm³/mol. The van der Waals surface area contributed by atoms with Gasteiger partial charge in [-0.15, -0.1) is 0 Å². The summed E-state index contributed by atoms with van der Waals surface area (Å²) in [6.45, 7) is 6.55. The van der Waals surface area contributed by atoms with Crippen molar-refractivity contribution in [3.05, 3.63) is 71.2 Å². The van der Waals surface area contributed by atoms with Crippen molar-refractivity contribution in [2.45, 2.75) is 26.4 Å². The zero-order valence-corrected chi connectivity index (χ0v) is 16.6. The highest BCUT2D eigenvalue weighted by Crippen LogP contribution is 2.34. The maximum atomic E-state index is 6.01. The molecule has 6 heteroatoms. The minimum Gasteiger partial charge on any atom is -0.436 e. The van der Waals surface area contributed by atoms with Crippen LogP contribution >= 0.6 is 0 Å². The number of rotatable bonds is 2. The Kier molecular flexibility index (Phi) is 3.60. The molecule has 0 N–H and O–H groups in total. The van der Waals surface area contributed by atoms with E-state index in [9.17, 15) is 0 Å². The Morgan fingerprint density at radius 3 is 2.61 bits per heavy atom. The van der Waals surface area contributed by atoms with Gasteiger partial charge >= 0.3 is 6.98 Å². The molecule has 0 fully saturated rings. The van der Waals surface area contributed by atoms with Gasteiger partial charge in [-0.25, -0.2) is 4.98 Å². The molecular weight excluding hydrogens is 347 g/mol. The molecule has 4 heterocycles. The first-order valence-corrected chi connectivity index (χ1v) is 9.58. The van der Waals surface area contributed by atoms with Crippen LogP contribution in [0.4, 0.5) is 5.69 Å². The fraction of sp³-hybridized carbons (Fsp3) is 0.227. The number of benzene rings is 1. The third-order valence-electron chi connectivity index (χ3n) is 5.73. The minimum absolute atomic E-state index is 0.0783. The van der Waals surface area contributed by atoms with Crippen LogP contribution in [0.1, 0.15) is 19.5 Å². The van der Waals surface area contributed by atoms with E-state index in [4.69, 9.17) is 4.42 Å². The van der Waals surface area contributed by atoms with Crippen LogP contribution in [0.15, 0.2) is 59.3 Å². The number of hydrogen-bond donors (Lipinski definition) is 0. The van der Waals surface area contributed by atoms with E-state index in [1.165, 1.54) is 5.69 Å². The number of pyridine rings is 1. The topological polar surface area (TPSA) is 35.8 Å². The molecule has 2 aromatic heterocycles. The second-order valence-electron chi connectivity index (χ2n) is 7.97. The molecule has 2 aliphatic rings. The van der Waals surface area contributed by atoms with Crippen LogP contribution in [0.5, 0.6) is 0 Å². The Hall–Kier alpha value is -3.15. The average molecular weight is 370 g/mol. The molecular formula is C22H23BN4O. The number of fused-ring (bicyclic) bond motifs is 3. The molecule has 5 nitrogen and oxygen atoms in total. The molecule has 0 unspecified atom stereocenters. The number of furan rings is 1. The Bertz CT molecular complexity index is 1200. The molecule has 28 heavy (non-hydrogen) atoms. The summed E-state index contributed by atoms with van der Waals surface area (Å²) in [5.74, 6) is 2.28. The van der Waals surface area contributed by atoms with Crippen LogP contribution in [0.2, 0.25) is 0 Å². The Morgan fingerprint density at radius 1 is 1.04 bits per heavy atom. The molecule has 0 aliphatic carbocycles. The maximum Gasteiger partial charge on any atom is 0.405 e. The first kappa shape index (κ1) is 17.0. The lowest BCUT2D eigenvalue weighted by molar-refractivity contribution is 0.311. The van der Waals surface area contributed by atoms with Crippen molar-refractivity contribution < 1.29 is 4.42 Å².